The standard InChI is InChI=1S/C7H10O4/c1-4-5(9)7(2,3-8)11-6(4)10/h8-9H,3H2,1-2H3. The smallest absolute Gasteiger partial charge is 0.338 e. The van der Waals surface area contributed by atoms with Crippen LogP contribution in [0, 0.1) is 0 Å². The Hall–Kier alpha value is -1.03. The number of esters is 1. The molecule has 0 aromatic rings. The van der Waals surface area contributed by atoms with E-state index < -0.39 is 18.2 Å². The van der Waals surface area contributed by atoms with Gasteiger partial charge in [-0.1, -0.05) is 0 Å². The molecule has 62 valence electrons. The van der Waals surface area contributed by atoms with E-state index in [2.05, 4.69) is 0 Å². The van der Waals surface area contributed by atoms with Crippen LogP contribution in [0.3, 0.4) is 0 Å². The molecule has 0 aromatic heterocycles. The van der Waals surface area contributed by atoms with Gasteiger partial charge in [0.1, 0.15) is 5.76 Å². The van der Waals surface area contributed by atoms with Crippen molar-refractivity contribution in [3.05, 3.63) is 11.3 Å². The van der Waals surface area contributed by atoms with Crippen molar-refractivity contribution in [2.24, 2.45) is 0 Å². The van der Waals surface area contributed by atoms with Crippen molar-refractivity contribution in [1.29, 1.82) is 0 Å². The van der Waals surface area contributed by atoms with Gasteiger partial charge in [-0.2, -0.15) is 0 Å². The summed E-state index contributed by atoms with van der Waals surface area (Å²) < 4.78 is 4.71. The first-order valence-electron chi connectivity index (χ1n) is 3.26. The number of ether oxygens (including phenoxy) is 1. The van der Waals surface area contributed by atoms with Crippen molar-refractivity contribution >= 4 is 5.97 Å². The zero-order chi connectivity index (χ0) is 8.65. The number of cyclic esters (lactones) is 1. The van der Waals surface area contributed by atoms with E-state index in [1.165, 1.54) is 13.8 Å². The van der Waals surface area contributed by atoms with Crippen molar-refractivity contribution in [1.82, 2.24) is 0 Å². The Labute approximate surface area is 64.1 Å². The van der Waals surface area contributed by atoms with Crippen LogP contribution < -0.4 is 0 Å². The van der Waals surface area contributed by atoms with Gasteiger partial charge >= 0.3 is 5.97 Å². The number of aliphatic hydroxyl groups is 2. The van der Waals surface area contributed by atoms with Crippen LogP contribution in [0.25, 0.3) is 0 Å². The first kappa shape index (κ1) is 8.07. The average molecular weight is 158 g/mol. The molecule has 4 heteroatoms. The molecular weight excluding hydrogens is 148 g/mol. The van der Waals surface area contributed by atoms with Crippen LogP contribution in [0.15, 0.2) is 11.3 Å². The molecule has 1 unspecified atom stereocenters. The van der Waals surface area contributed by atoms with Gasteiger partial charge in [-0.05, 0) is 13.8 Å². The Morgan fingerprint density at radius 1 is 1.64 bits per heavy atom. The summed E-state index contributed by atoms with van der Waals surface area (Å²) in [5, 5.41) is 18.0. The lowest BCUT2D eigenvalue weighted by Crippen LogP contribution is -2.32. The van der Waals surface area contributed by atoms with Crippen LogP contribution in [0.2, 0.25) is 0 Å². The third-order valence-corrected chi connectivity index (χ3v) is 1.78. The molecule has 0 saturated heterocycles. The van der Waals surface area contributed by atoms with E-state index in [4.69, 9.17) is 9.84 Å². The van der Waals surface area contributed by atoms with E-state index in [0.717, 1.165) is 0 Å². The monoisotopic (exact) mass is 158 g/mol. The maximum absolute atomic E-state index is 10.8. The van der Waals surface area contributed by atoms with Gasteiger partial charge in [-0.25, -0.2) is 4.79 Å². The summed E-state index contributed by atoms with van der Waals surface area (Å²) in [7, 11) is 0. The number of rotatable bonds is 1. The highest BCUT2D eigenvalue weighted by Gasteiger charge is 2.42. The van der Waals surface area contributed by atoms with Crippen LogP contribution in [-0.2, 0) is 9.53 Å². The van der Waals surface area contributed by atoms with Gasteiger partial charge in [-0.3, -0.25) is 0 Å². The van der Waals surface area contributed by atoms with Gasteiger partial charge in [0.25, 0.3) is 0 Å². The summed E-state index contributed by atoms with van der Waals surface area (Å²) in [6.07, 6.45) is 0. The van der Waals surface area contributed by atoms with Gasteiger partial charge in [0.15, 0.2) is 5.60 Å². The molecule has 1 aliphatic rings. The van der Waals surface area contributed by atoms with Crippen molar-refractivity contribution in [2.75, 3.05) is 6.61 Å². The number of hydrogen-bond acceptors (Lipinski definition) is 4. The zero-order valence-electron chi connectivity index (χ0n) is 6.42. The minimum absolute atomic E-state index is 0.168. The fourth-order valence-corrected chi connectivity index (χ4v) is 0.930. The highest BCUT2D eigenvalue weighted by molar-refractivity contribution is 5.91. The third-order valence-electron chi connectivity index (χ3n) is 1.78. The van der Waals surface area contributed by atoms with E-state index >= 15 is 0 Å². The lowest BCUT2D eigenvalue weighted by Gasteiger charge is -2.19. The van der Waals surface area contributed by atoms with Gasteiger partial charge in [-0.15, -0.1) is 0 Å². The summed E-state index contributed by atoms with van der Waals surface area (Å²) in [5.41, 5.74) is -1.05. The normalized spacial score (nSPS) is 31.0. The maximum atomic E-state index is 10.8. The molecule has 0 amide bonds. The molecule has 11 heavy (non-hydrogen) atoms. The van der Waals surface area contributed by atoms with Gasteiger partial charge in [0.05, 0.1) is 12.2 Å². The van der Waals surface area contributed by atoms with Crippen LogP contribution in [-0.4, -0.2) is 28.4 Å². The molecule has 0 radical (unpaired) electrons. The molecule has 2 N–H and O–H groups in total. The molecular formula is C7H10O4. The molecule has 0 aromatic carbocycles. The molecule has 0 saturated carbocycles. The van der Waals surface area contributed by atoms with Gasteiger partial charge in [0, 0.05) is 0 Å². The highest BCUT2D eigenvalue weighted by atomic mass is 16.6. The summed E-state index contributed by atoms with van der Waals surface area (Å²) >= 11 is 0. The number of hydrogen-bond donors (Lipinski definition) is 2. The average Bonchev–Trinajstić information content (AvgIpc) is 2.17. The Bertz CT molecular complexity index is 231. The van der Waals surface area contributed by atoms with E-state index in [1.807, 2.05) is 0 Å². The Morgan fingerprint density at radius 2 is 2.18 bits per heavy atom. The van der Waals surface area contributed by atoms with E-state index in [9.17, 15) is 9.90 Å². The van der Waals surface area contributed by atoms with Crippen LogP contribution in [0.5, 0.6) is 0 Å². The Morgan fingerprint density at radius 3 is 2.36 bits per heavy atom. The molecule has 1 heterocycles. The number of aliphatic hydroxyl groups excluding tert-OH is 2. The molecule has 1 aliphatic heterocycles. The molecule has 1 rings (SSSR count). The predicted molar refractivity (Wildman–Crippen MR) is 36.9 cm³/mol. The van der Waals surface area contributed by atoms with Crippen LogP contribution >= 0.6 is 0 Å². The molecule has 0 fully saturated rings. The topological polar surface area (TPSA) is 66.8 Å². The van der Waals surface area contributed by atoms with Crippen LogP contribution in [0.1, 0.15) is 13.8 Å². The minimum atomic E-state index is -1.22. The summed E-state index contributed by atoms with van der Waals surface area (Å²) in [5.74, 6) is -0.746. The van der Waals surface area contributed by atoms with Crippen molar-refractivity contribution in [3.63, 3.8) is 0 Å². The van der Waals surface area contributed by atoms with Crippen molar-refractivity contribution < 1.29 is 19.7 Å². The Balaban J connectivity index is 3.03. The van der Waals surface area contributed by atoms with Crippen molar-refractivity contribution in [2.45, 2.75) is 19.4 Å². The second kappa shape index (κ2) is 2.23. The summed E-state index contributed by atoms with van der Waals surface area (Å²) in [4.78, 5) is 10.8. The molecule has 1 atom stereocenters. The summed E-state index contributed by atoms with van der Waals surface area (Å²) in [6, 6.07) is 0. The van der Waals surface area contributed by atoms with E-state index in [1.54, 1.807) is 0 Å². The second-order valence-electron chi connectivity index (χ2n) is 2.75. The minimum Gasteiger partial charge on any atom is -0.507 e. The largest absolute Gasteiger partial charge is 0.507 e. The molecule has 0 spiro atoms. The predicted octanol–water partition coefficient (Wildman–Crippen LogP) is 0.126. The SMILES string of the molecule is CC1=C(O)C(C)(CO)OC1=O. The quantitative estimate of drug-likeness (QED) is 0.532. The third kappa shape index (κ3) is 0.991. The fourth-order valence-electron chi connectivity index (χ4n) is 0.930. The zero-order valence-corrected chi connectivity index (χ0v) is 6.42. The van der Waals surface area contributed by atoms with Crippen LogP contribution in [0.4, 0.5) is 0 Å². The molecule has 4 nitrogen and oxygen atoms in total. The first-order valence-corrected chi connectivity index (χ1v) is 3.26. The second-order valence-corrected chi connectivity index (χ2v) is 2.75. The number of carbonyl (C=O) groups excluding carboxylic acids is 1. The van der Waals surface area contributed by atoms with Crippen molar-refractivity contribution in [3.8, 4) is 0 Å². The van der Waals surface area contributed by atoms with E-state index in [0.29, 0.717) is 0 Å². The number of carbonyl (C=O) groups is 1. The fraction of sp³-hybridized carbons (Fsp3) is 0.571. The highest BCUT2D eigenvalue weighted by Crippen LogP contribution is 2.29. The summed E-state index contributed by atoms with van der Waals surface area (Å²) in [6.45, 7) is 2.51. The van der Waals surface area contributed by atoms with E-state index in [-0.39, 0.29) is 11.3 Å². The van der Waals surface area contributed by atoms with Gasteiger partial charge < -0.3 is 14.9 Å². The van der Waals surface area contributed by atoms with Gasteiger partial charge in [0.2, 0.25) is 0 Å². The molecule has 0 aliphatic carbocycles. The maximum Gasteiger partial charge on any atom is 0.338 e. The molecule has 0 bridgehead atoms. The lowest BCUT2D eigenvalue weighted by atomic mass is 10.1. The first-order chi connectivity index (χ1) is 5.01. The Kier molecular flexibility index (Phi) is 1.64. The lowest BCUT2D eigenvalue weighted by molar-refractivity contribution is -0.149.